The molecule has 2 rings (SSSR count). The molecule has 0 heterocycles. The second kappa shape index (κ2) is 8.31. The van der Waals surface area contributed by atoms with Crippen molar-refractivity contribution in [1.82, 2.24) is 4.31 Å². The van der Waals surface area contributed by atoms with E-state index in [9.17, 15) is 18.0 Å². The quantitative estimate of drug-likeness (QED) is 0.757. The molecule has 0 fully saturated rings. The number of amides is 1. The van der Waals surface area contributed by atoms with Gasteiger partial charge in [0.25, 0.3) is 0 Å². The molecule has 0 radical (unpaired) electrons. The van der Waals surface area contributed by atoms with Crippen molar-refractivity contribution in [3.05, 3.63) is 59.1 Å². The molecule has 138 valence electrons. The molecule has 0 atom stereocenters. The van der Waals surface area contributed by atoms with E-state index in [1.54, 1.807) is 12.1 Å². The summed E-state index contributed by atoms with van der Waals surface area (Å²) in [5.74, 6) is -1.20. The van der Waals surface area contributed by atoms with Crippen LogP contribution in [0.5, 0.6) is 0 Å². The number of sulfonamides is 1. The molecule has 0 saturated heterocycles. The average Bonchev–Trinajstić information content (AvgIpc) is 2.61. The van der Waals surface area contributed by atoms with Crippen LogP contribution in [0.3, 0.4) is 0 Å². The summed E-state index contributed by atoms with van der Waals surface area (Å²) in [7, 11) is -1.33. The molecule has 0 saturated carbocycles. The van der Waals surface area contributed by atoms with E-state index in [0.29, 0.717) is 5.02 Å². The van der Waals surface area contributed by atoms with Gasteiger partial charge in [-0.05, 0) is 36.4 Å². The fourth-order valence-corrected chi connectivity index (χ4v) is 3.40. The number of para-hydroxylation sites is 1. The van der Waals surface area contributed by atoms with Crippen molar-refractivity contribution >= 4 is 39.2 Å². The third-order valence-corrected chi connectivity index (χ3v) is 5.56. The molecule has 1 amide bonds. The van der Waals surface area contributed by atoms with Crippen molar-refractivity contribution in [1.29, 1.82) is 0 Å². The first kappa shape index (κ1) is 19.9. The van der Waals surface area contributed by atoms with Gasteiger partial charge in [0.15, 0.2) is 0 Å². The van der Waals surface area contributed by atoms with Crippen molar-refractivity contribution in [2.24, 2.45) is 0 Å². The van der Waals surface area contributed by atoms with E-state index in [0.717, 1.165) is 4.31 Å². The summed E-state index contributed by atoms with van der Waals surface area (Å²) in [5, 5.41) is 2.93. The minimum atomic E-state index is -3.85. The number of carbonyl (C=O) groups excluding carboxylic acids is 2. The number of benzene rings is 2. The van der Waals surface area contributed by atoms with Gasteiger partial charge in [0.1, 0.15) is 0 Å². The van der Waals surface area contributed by atoms with Crippen molar-refractivity contribution in [2.75, 3.05) is 26.0 Å². The lowest BCUT2D eigenvalue weighted by atomic mass is 10.2. The number of hydrogen-bond donors (Lipinski definition) is 1. The number of methoxy groups -OCH3 is 1. The molecule has 0 aromatic heterocycles. The number of anilines is 1. The van der Waals surface area contributed by atoms with Crippen LogP contribution in [0.25, 0.3) is 0 Å². The van der Waals surface area contributed by atoms with Gasteiger partial charge < -0.3 is 10.1 Å². The molecular formula is C17H17ClN2O5S. The number of rotatable bonds is 6. The lowest BCUT2D eigenvalue weighted by molar-refractivity contribution is -0.116. The van der Waals surface area contributed by atoms with Crippen LogP contribution >= 0.6 is 11.6 Å². The zero-order valence-electron chi connectivity index (χ0n) is 14.1. The molecule has 0 aliphatic heterocycles. The highest BCUT2D eigenvalue weighted by Crippen LogP contribution is 2.19. The monoisotopic (exact) mass is 396 g/mol. The third-order valence-electron chi connectivity index (χ3n) is 3.49. The maximum atomic E-state index is 12.5. The van der Waals surface area contributed by atoms with Gasteiger partial charge in [-0.2, -0.15) is 4.31 Å². The molecule has 0 aliphatic rings. The van der Waals surface area contributed by atoms with Gasteiger partial charge in [0.2, 0.25) is 15.9 Å². The molecule has 2 aromatic rings. The standard InChI is InChI=1S/C17H17ClN2O5S/c1-20(26(23,24)13-9-7-12(18)8-10-13)11-16(21)19-15-6-4-3-5-14(15)17(22)25-2/h3-10H,11H2,1-2H3,(H,19,21). The topological polar surface area (TPSA) is 92.8 Å². The maximum Gasteiger partial charge on any atom is 0.339 e. The number of nitrogens with one attached hydrogen (secondary N) is 1. The Labute approximate surface area is 156 Å². The summed E-state index contributed by atoms with van der Waals surface area (Å²) >= 11 is 5.76. The van der Waals surface area contributed by atoms with Crippen LogP contribution < -0.4 is 5.32 Å². The zero-order valence-corrected chi connectivity index (χ0v) is 15.7. The Morgan fingerprint density at radius 1 is 1.12 bits per heavy atom. The van der Waals surface area contributed by atoms with Gasteiger partial charge in [-0.3, -0.25) is 4.79 Å². The first-order valence-corrected chi connectivity index (χ1v) is 9.26. The highest BCUT2D eigenvalue weighted by Gasteiger charge is 2.23. The first-order valence-electron chi connectivity index (χ1n) is 7.45. The largest absolute Gasteiger partial charge is 0.465 e. The summed E-state index contributed by atoms with van der Waals surface area (Å²) in [6, 6.07) is 11.9. The molecule has 0 bridgehead atoms. The summed E-state index contributed by atoms with van der Waals surface area (Å²) < 4.78 is 30.5. The van der Waals surface area contributed by atoms with Gasteiger partial charge in [-0.15, -0.1) is 0 Å². The van der Waals surface area contributed by atoms with Gasteiger partial charge >= 0.3 is 5.97 Å². The molecule has 7 nitrogen and oxygen atoms in total. The van der Waals surface area contributed by atoms with Gasteiger partial charge in [0.05, 0.1) is 29.8 Å². The maximum absolute atomic E-state index is 12.5. The van der Waals surface area contributed by atoms with Crippen molar-refractivity contribution in [3.63, 3.8) is 0 Å². The minimum absolute atomic E-state index is 0.0205. The van der Waals surface area contributed by atoms with E-state index in [-0.39, 0.29) is 16.1 Å². The summed E-state index contributed by atoms with van der Waals surface area (Å²) in [6.45, 7) is -0.430. The van der Waals surface area contributed by atoms with Gasteiger partial charge in [-0.1, -0.05) is 23.7 Å². The SMILES string of the molecule is COC(=O)c1ccccc1NC(=O)CN(C)S(=O)(=O)c1ccc(Cl)cc1. The number of likely N-dealkylation sites (N-methyl/N-ethyl adjacent to an activating group) is 1. The van der Waals surface area contributed by atoms with Gasteiger partial charge in [0, 0.05) is 12.1 Å². The summed E-state index contributed by atoms with van der Waals surface area (Å²) in [6.07, 6.45) is 0. The Morgan fingerprint density at radius 2 is 1.73 bits per heavy atom. The number of carbonyl (C=O) groups is 2. The smallest absolute Gasteiger partial charge is 0.339 e. The van der Waals surface area contributed by atoms with Crippen molar-refractivity contribution in [3.8, 4) is 0 Å². The predicted octanol–water partition coefficient (Wildman–Crippen LogP) is 2.39. The van der Waals surface area contributed by atoms with Crippen LogP contribution in [0.15, 0.2) is 53.4 Å². The highest BCUT2D eigenvalue weighted by molar-refractivity contribution is 7.89. The van der Waals surface area contributed by atoms with E-state index < -0.39 is 28.4 Å². The minimum Gasteiger partial charge on any atom is -0.465 e. The normalized spacial score (nSPS) is 11.2. The fourth-order valence-electron chi connectivity index (χ4n) is 2.14. The molecule has 1 N–H and O–H groups in total. The number of halogens is 1. The second-order valence-electron chi connectivity index (χ2n) is 5.30. The molecule has 26 heavy (non-hydrogen) atoms. The Morgan fingerprint density at radius 3 is 2.35 bits per heavy atom. The average molecular weight is 397 g/mol. The van der Waals surface area contributed by atoms with Crippen LogP contribution in [0.4, 0.5) is 5.69 Å². The van der Waals surface area contributed by atoms with Crippen LogP contribution in [-0.4, -0.2) is 45.3 Å². The molecule has 9 heteroatoms. The molecule has 2 aromatic carbocycles. The molecule has 0 aliphatic carbocycles. The Balaban J connectivity index is 2.13. The summed E-state index contributed by atoms with van der Waals surface area (Å²) in [5.41, 5.74) is 0.410. The third kappa shape index (κ3) is 4.60. The van der Waals surface area contributed by atoms with E-state index in [2.05, 4.69) is 10.1 Å². The number of ether oxygens (including phenoxy) is 1. The Kier molecular flexibility index (Phi) is 6.36. The second-order valence-corrected chi connectivity index (χ2v) is 7.78. The molecular weight excluding hydrogens is 380 g/mol. The van der Waals surface area contributed by atoms with Crippen molar-refractivity contribution < 1.29 is 22.7 Å². The van der Waals surface area contributed by atoms with Crippen LogP contribution in [0.1, 0.15) is 10.4 Å². The van der Waals surface area contributed by atoms with Crippen LogP contribution in [-0.2, 0) is 19.6 Å². The molecule has 0 spiro atoms. The predicted molar refractivity (Wildman–Crippen MR) is 97.7 cm³/mol. The van der Waals surface area contributed by atoms with Crippen LogP contribution in [0.2, 0.25) is 5.02 Å². The van der Waals surface area contributed by atoms with Crippen LogP contribution in [0, 0.1) is 0 Å². The van der Waals surface area contributed by atoms with Crippen molar-refractivity contribution in [2.45, 2.75) is 4.90 Å². The highest BCUT2D eigenvalue weighted by atomic mass is 35.5. The summed E-state index contributed by atoms with van der Waals surface area (Å²) in [4.78, 5) is 24.0. The number of hydrogen-bond acceptors (Lipinski definition) is 5. The zero-order chi connectivity index (χ0) is 19.3. The van der Waals surface area contributed by atoms with E-state index in [1.807, 2.05) is 0 Å². The lowest BCUT2D eigenvalue weighted by Crippen LogP contribution is -2.35. The Hall–Kier alpha value is -2.42. The molecule has 0 unspecified atom stereocenters. The van der Waals surface area contributed by atoms with E-state index in [1.165, 1.54) is 50.6 Å². The van der Waals surface area contributed by atoms with E-state index >= 15 is 0 Å². The fraction of sp³-hybridized carbons (Fsp3) is 0.176. The first-order chi connectivity index (χ1) is 12.3. The Bertz CT molecular complexity index is 913. The van der Waals surface area contributed by atoms with E-state index in [4.69, 9.17) is 11.6 Å². The van der Waals surface area contributed by atoms with Gasteiger partial charge in [-0.25, -0.2) is 13.2 Å². The number of esters is 1. The lowest BCUT2D eigenvalue weighted by Gasteiger charge is -2.17. The number of nitrogens with zero attached hydrogens (tertiary/aromatic N) is 1.